The summed E-state index contributed by atoms with van der Waals surface area (Å²) in [6.07, 6.45) is 0.462. The van der Waals surface area contributed by atoms with Crippen molar-refractivity contribution in [3.8, 4) is 0 Å². The second-order valence-corrected chi connectivity index (χ2v) is 5.51. The van der Waals surface area contributed by atoms with Crippen LogP contribution in [0, 0.1) is 12.8 Å². The van der Waals surface area contributed by atoms with Gasteiger partial charge in [0, 0.05) is 25.2 Å². The summed E-state index contributed by atoms with van der Waals surface area (Å²) < 4.78 is 2.06. The number of anilines is 1. The van der Waals surface area contributed by atoms with Gasteiger partial charge in [0.2, 0.25) is 5.91 Å². The normalized spacial score (nSPS) is 11.2. The van der Waals surface area contributed by atoms with Crippen LogP contribution in [-0.2, 0) is 11.3 Å². The number of hydrogen-bond acceptors (Lipinski definition) is 3. The van der Waals surface area contributed by atoms with Gasteiger partial charge in [0.05, 0.1) is 11.0 Å². The maximum atomic E-state index is 11.8. The van der Waals surface area contributed by atoms with Crippen LogP contribution in [0.3, 0.4) is 0 Å². The van der Waals surface area contributed by atoms with Gasteiger partial charge in [-0.3, -0.25) is 4.79 Å². The first-order valence-electron chi connectivity index (χ1n) is 6.96. The molecule has 3 N–H and O–H groups in total. The van der Waals surface area contributed by atoms with E-state index in [2.05, 4.69) is 28.7 Å². The number of imidazole rings is 1. The van der Waals surface area contributed by atoms with E-state index in [0.29, 0.717) is 24.6 Å². The second kappa shape index (κ2) is 5.94. The molecule has 0 radical (unpaired) electrons. The zero-order valence-electron chi connectivity index (χ0n) is 12.3. The molecular formula is C15H22N4O. The van der Waals surface area contributed by atoms with Crippen LogP contribution in [0.5, 0.6) is 0 Å². The lowest BCUT2D eigenvalue weighted by Gasteiger charge is -2.09. The van der Waals surface area contributed by atoms with E-state index >= 15 is 0 Å². The van der Waals surface area contributed by atoms with Gasteiger partial charge < -0.3 is 15.6 Å². The molecule has 1 aromatic carbocycles. The molecule has 20 heavy (non-hydrogen) atoms. The fourth-order valence-electron chi connectivity index (χ4n) is 2.17. The molecule has 0 aliphatic carbocycles. The Kier molecular flexibility index (Phi) is 4.27. The van der Waals surface area contributed by atoms with Gasteiger partial charge in [-0.25, -0.2) is 4.98 Å². The van der Waals surface area contributed by atoms with Crippen molar-refractivity contribution < 1.29 is 4.79 Å². The third kappa shape index (κ3) is 3.29. The molecule has 0 aliphatic rings. The minimum Gasteiger partial charge on any atom is -0.399 e. The van der Waals surface area contributed by atoms with Gasteiger partial charge in [0.15, 0.2) is 0 Å². The zero-order chi connectivity index (χ0) is 14.7. The number of nitrogens with zero attached hydrogens (tertiary/aromatic N) is 2. The summed E-state index contributed by atoms with van der Waals surface area (Å²) in [5.41, 5.74) is 8.37. The predicted molar refractivity (Wildman–Crippen MR) is 81.3 cm³/mol. The highest BCUT2D eigenvalue weighted by Gasteiger charge is 2.09. The first-order chi connectivity index (χ1) is 9.47. The van der Waals surface area contributed by atoms with E-state index in [-0.39, 0.29) is 5.91 Å². The molecule has 5 nitrogen and oxygen atoms in total. The molecule has 5 heteroatoms. The Morgan fingerprint density at radius 3 is 2.90 bits per heavy atom. The molecule has 0 unspecified atom stereocenters. The molecule has 1 aromatic heterocycles. The Hall–Kier alpha value is -2.04. The Balaban J connectivity index is 2.06. The van der Waals surface area contributed by atoms with Crippen LogP contribution in [0.25, 0.3) is 11.0 Å². The van der Waals surface area contributed by atoms with Crippen molar-refractivity contribution in [2.75, 3.05) is 12.3 Å². The maximum absolute atomic E-state index is 11.8. The molecule has 0 aliphatic heterocycles. The predicted octanol–water partition coefficient (Wildman–Crippen LogP) is 2.09. The summed E-state index contributed by atoms with van der Waals surface area (Å²) in [4.78, 5) is 16.3. The minimum atomic E-state index is 0.0791. The third-order valence-corrected chi connectivity index (χ3v) is 3.23. The van der Waals surface area contributed by atoms with E-state index in [1.54, 1.807) is 0 Å². The van der Waals surface area contributed by atoms with Crippen LogP contribution < -0.4 is 11.1 Å². The SMILES string of the molecule is Cc1nc2cc(N)ccc2n1CCC(=O)NCC(C)C. The van der Waals surface area contributed by atoms with Crippen molar-refractivity contribution in [3.05, 3.63) is 24.0 Å². The summed E-state index contributed by atoms with van der Waals surface area (Å²) in [6, 6.07) is 5.67. The number of carbonyl (C=O) groups is 1. The average molecular weight is 274 g/mol. The molecular weight excluding hydrogens is 252 g/mol. The lowest BCUT2D eigenvalue weighted by atomic mass is 10.2. The number of amides is 1. The van der Waals surface area contributed by atoms with Crippen LogP contribution in [0.1, 0.15) is 26.1 Å². The fourth-order valence-corrected chi connectivity index (χ4v) is 2.17. The lowest BCUT2D eigenvalue weighted by molar-refractivity contribution is -0.121. The first kappa shape index (κ1) is 14.4. The van der Waals surface area contributed by atoms with Gasteiger partial charge >= 0.3 is 0 Å². The van der Waals surface area contributed by atoms with E-state index in [1.807, 2.05) is 25.1 Å². The van der Waals surface area contributed by atoms with Crippen LogP contribution >= 0.6 is 0 Å². The number of fused-ring (bicyclic) bond motifs is 1. The van der Waals surface area contributed by atoms with E-state index < -0.39 is 0 Å². The number of aryl methyl sites for hydroxylation is 2. The highest BCUT2D eigenvalue weighted by molar-refractivity contribution is 5.80. The van der Waals surface area contributed by atoms with E-state index in [4.69, 9.17) is 5.73 Å². The number of hydrogen-bond donors (Lipinski definition) is 2. The highest BCUT2D eigenvalue weighted by atomic mass is 16.1. The largest absolute Gasteiger partial charge is 0.399 e. The molecule has 0 saturated carbocycles. The van der Waals surface area contributed by atoms with Crippen molar-refractivity contribution in [1.82, 2.24) is 14.9 Å². The minimum absolute atomic E-state index is 0.0791. The number of rotatable bonds is 5. The zero-order valence-corrected chi connectivity index (χ0v) is 12.3. The van der Waals surface area contributed by atoms with Gasteiger partial charge in [0.25, 0.3) is 0 Å². The summed E-state index contributed by atoms with van der Waals surface area (Å²) in [5, 5.41) is 2.93. The molecule has 0 spiro atoms. The van der Waals surface area contributed by atoms with Crippen molar-refractivity contribution in [2.24, 2.45) is 5.92 Å². The Labute approximate surface area is 119 Å². The number of nitrogens with two attached hydrogens (primary N) is 1. The molecule has 108 valence electrons. The summed E-state index contributed by atoms with van der Waals surface area (Å²) in [5.74, 6) is 1.45. The van der Waals surface area contributed by atoms with Crippen molar-refractivity contribution in [1.29, 1.82) is 0 Å². The van der Waals surface area contributed by atoms with Crippen LogP contribution in [0.15, 0.2) is 18.2 Å². The van der Waals surface area contributed by atoms with Gasteiger partial charge in [-0.15, -0.1) is 0 Å². The van der Waals surface area contributed by atoms with Gasteiger partial charge in [-0.05, 0) is 31.0 Å². The standard InChI is InChI=1S/C15H22N4O/c1-10(2)9-17-15(20)6-7-19-11(3)18-13-8-12(16)4-5-14(13)19/h4-5,8,10H,6-7,9,16H2,1-3H3,(H,17,20). The summed E-state index contributed by atoms with van der Waals surface area (Å²) >= 11 is 0. The van der Waals surface area contributed by atoms with Crippen LogP contribution in [0.2, 0.25) is 0 Å². The fraction of sp³-hybridized carbons (Fsp3) is 0.467. The Morgan fingerprint density at radius 1 is 1.45 bits per heavy atom. The number of nitrogen functional groups attached to an aromatic ring is 1. The quantitative estimate of drug-likeness (QED) is 0.820. The number of benzene rings is 1. The van der Waals surface area contributed by atoms with Crippen molar-refractivity contribution in [2.45, 2.75) is 33.7 Å². The van der Waals surface area contributed by atoms with Gasteiger partial charge in [-0.2, -0.15) is 0 Å². The van der Waals surface area contributed by atoms with E-state index in [0.717, 1.165) is 23.4 Å². The van der Waals surface area contributed by atoms with E-state index in [9.17, 15) is 4.79 Å². The molecule has 0 saturated heterocycles. The third-order valence-electron chi connectivity index (χ3n) is 3.23. The molecule has 1 amide bonds. The molecule has 2 rings (SSSR count). The molecule has 0 atom stereocenters. The van der Waals surface area contributed by atoms with Crippen LogP contribution in [-0.4, -0.2) is 22.0 Å². The second-order valence-electron chi connectivity index (χ2n) is 5.51. The number of aromatic nitrogens is 2. The highest BCUT2D eigenvalue weighted by Crippen LogP contribution is 2.19. The number of nitrogens with one attached hydrogen (secondary N) is 1. The summed E-state index contributed by atoms with van der Waals surface area (Å²) in [7, 11) is 0. The van der Waals surface area contributed by atoms with Crippen LogP contribution in [0.4, 0.5) is 5.69 Å². The first-order valence-corrected chi connectivity index (χ1v) is 6.96. The Morgan fingerprint density at radius 2 is 2.20 bits per heavy atom. The molecule has 1 heterocycles. The summed E-state index contributed by atoms with van der Waals surface area (Å²) in [6.45, 7) is 7.47. The monoisotopic (exact) mass is 274 g/mol. The van der Waals surface area contributed by atoms with Crippen molar-refractivity contribution in [3.63, 3.8) is 0 Å². The molecule has 0 bridgehead atoms. The Bertz CT molecular complexity index is 616. The van der Waals surface area contributed by atoms with Crippen molar-refractivity contribution >= 4 is 22.6 Å². The smallest absolute Gasteiger partial charge is 0.221 e. The molecule has 0 fully saturated rings. The lowest BCUT2D eigenvalue weighted by Crippen LogP contribution is -2.28. The van der Waals surface area contributed by atoms with Gasteiger partial charge in [0.1, 0.15) is 5.82 Å². The molecule has 2 aromatic rings. The maximum Gasteiger partial charge on any atom is 0.221 e. The number of carbonyl (C=O) groups excluding carboxylic acids is 1. The average Bonchev–Trinajstić information content (AvgIpc) is 2.68. The topological polar surface area (TPSA) is 72.9 Å². The van der Waals surface area contributed by atoms with Gasteiger partial charge in [-0.1, -0.05) is 13.8 Å². The van der Waals surface area contributed by atoms with E-state index in [1.165, 1.54) is 0 Å².